The lowest BCUT2D eigenvalue weighted by atomic mass is 10.2. The standard InChI is InChI=1S/C13H11NO2/c15-13(11-7-3-1-4-8-11)14-16-12-9-5-2-6-10-12/h1-10H,(H,14,15). The van der Waals surface area contributed by atoms with Crippen LogP contribution in [0.4, 0.5) is 0 Å². The second-order valence-electron chi connectivity index (χ2n) is 3.21. The van der Waals surface area contributed by atoms with Crippen LogP contribution in [0.5, 0.6) is 5.75 Å². The van der Waals surface area contributed by atoms with Gasteiger partial charge in [0.2, 0.25) is 0 Å². The number of nitrogens with one attached hydrogen (secondary N) is 1. The van der Waals surface area contributed by atoms with Gasteiger partial charge >= 0.3 is 0 Å². The van der Waals surface area contributed by atoms with E-state index in [1.807, 2.05) is 24.3 Å². The van der Waals surface area contributed by atoms with Crippen LogP contribution in [0.15, 0.2) is 60.7 Å². The van der Waals surface area contributed by atoms with E-state index in [0.717, 1.165) is 0 Å². The molecule has 2 aromatic carbocycles. The number of rotatable bonds is 3. The molecule has 80 valence electrons. The summed E-state index contributed by atoms with van der Waals surface area (Å²) in [7, 11) is 0. The molecule has 0 heterocycles. The van der Waals surface area contributed by atoms with E-state index in [-0.39, 0.29) is 5.91 Å². The molecule has 3 nitrogen and oxygen atoms in total. The number of hydroxylamine groups is 1. The van der Waals surface area contributed by atoms with Crippen LogP contribution in [0, 0.1) is 0 Å². The fourth-order valence-electron chi connectivity index (χ4n) is 1.24. The van der Waals surface area contributed by atoms with Crippen molar-refractivity contribution < 1.29 is 9.63 Å². The highest BCUT2D eigenvalue weighted by Crippen LogP contribution is 2.07. The minimum absolute atomic E-state index is 0.260. The average Bonchev–Trinajstić information content (AvgIpc) is 2.38. The van der Waals surface area contributed by atoms with Crippen LogP contribution in [0.25, 0.3) is 0 Å². The molecule has 0 saturated heterocycles. The summed E-state index contributed by atoms with van der Waals surface area (Å²) in [6.45, 7) is 0. The highest BCUT2D eigenvalue weighted by molar-refractivity contribution is 5.93. The van der Waals surface area contributed by atoms with Crippen LogP contribution in [0.3, 0.4) is 0 Å². The Morgan fingerprint density at radius 3 is 2.06 bits per heavy atom. The zero-order valence-corrected chi connectivity index (χ0v) is 8.59. The Bertz CT molecular complexity index is 454. The van der Waals surface area contributed by atoms with E-state index >= 15 is 0 Å². The van der Waals surface area contributed by atoms with Crippen molar-refractivity contribution in [3.63, 3.8) is 0 Å². The monoisotopic (exact) mass is 213 g/mol. The smallest absolute Gasteiger partial charge is 0.283 e. The Balaban J connectivity index is 1.95. The van der Waals surface area contributed by atoms with Gasteiger partial charge in [0.15, 0.2) is 5.75 Å². The van der Waals surface area contributed by atoms with Crippen LogP contribution >= 0.6 is 0 Å². The first-order valence-corrected chi connectivity index (χ1v) is 4.93. The van der Waals surface area contributed by atoms with Crippen molar-refractivity contribution in [1.82, 2.24) is 5.48 Å². The summed E-state index contributed by atoms with van der Waals surface area (Å²) in [5.74, 6) is 0.344. The van der Waals surface area contributed by atoms with Gasteiger partial charge in [-0.1, -0.05) is 36.4 Å². The number of benzene rings is 2. The Morgan fingerprint density at radius 1 is 0.875 bits per heavy atom. The first-order valence-electron chi connectivity index (χ1n) is 4.93. The first-order chi connectivity index (χ1) is 7.86. The van der Waals surface area contributed by atoms with Crippen molar-refractivity contribution in [2.45, 2.75) is 0 Å². The molecule has 0 aliphatic rings. The summed E-state index contributed by atoms with van der Waals surface area (Å²) in [5, 5.41) is 0. The zero-order valence-electron chi connectivity index (χ0n) is 8.59. The van der Waals surface area contributed by atoms with E-state index in [4.69, 9.17) is 4.84 Å². The van der Waals surface area contributed by atoms with E-state index in [1.54, 1.807) is 36.4 Å². The van der Waals surface area contributed by atoms with Crippen LogP contribution in [-0.2, 0) is 0 Å². The maximum atomic E-state index is 11.6. The molecule has 0 atom stereocenters. The lowest BCUT2D eigenvalue weighted by Gasteiger charge is -2.06. The third-order valence-electron chi connectivity index (χ3n) is 2.04. The third kappa shape index (κ3) is 2.60. The van der Waals surface area contributed by atoms with Crippen molar-refractivity contribution in [2.75, 3.05) is 0 Å². The largest absolute Gasteiger partial charge is 0.379 e. The molecule has 0 saturated carbocycles. The molecule has 0 bridgehead atoms. The van der Waals surface area contributed by atoms with Crippen molar-refractivity contribution in [3.05, 3.63) is 66.2 Å². The van der Waals surface area contributed by atoms with Gasteiger partial charge < -0.3 is 4.84 Å². The van der Waals surface area contributed by atoms with Crippen LogP contribution in [0.2, 0.25) is 0 Å². The molecule has 0 radical (unpaired) electrons. The number of para-hydroxylation sites is 1. The van der Waals surface area contributed by atoms with Gasteiger partial charge in [0, 0.05) is 5.56 Å². The lowest BCUT2D eigenvalue weighted by molar-refractivity contribution is 0.0760. The minimum atomic E-state index is -0.260. The van der Waals surface area contributed by atoms with Crippen LogP contribution < -0.4 is 10.3 Å². The fraction of sp³-hybridized carbons (Fsp3) is 0. The molecule has 1 amide bonds. The lowest BCUT2D eigenvalue weighted by Crippen LogP contribution is -2.26. The molecule has 2 aromatic rings. The molecule has 0 fully saturated rings. The van der Waals surface area contributed by atoms with Gasteiger partial charge in [-0.05, 0) is 24.3 Å². The van der Waals surface area contributed by atoms with Gasteiger partial charge in [-0.15, -0.1) is 0 Å². The van der Waals surface area contributed by atoms with E-state index in [2.05, 4.69) is 5.48 Å². The number of carbonyl (C=O) groups excluding carboxylic acids is 1. The quantitative estimate of drug-likeness (QED) is 0.795. The summed E-state index contributed by atoms with van der Waals surface area (Å²) in [5.41, 5.74) is 2.94. The summed E-state index contributed by atoms with van der Waals surface area (Å²) in [4.78, 5) is 16.7. The molecular formula is C13H11NO2. The Labute approximate surface area is 93.6 Å². The first kappa shape index (κ1) is 10.2. The fourth-order valence-corrected chi connectivity index (χ4v) is 1.24. The summed E-state index contributed by atoms with van der Waals surface area (Å²) < 4.78 is 0. The summed E-state index contributed by atoms with van der Waals surface area (Å²) in [6, 6.07) is 18.0. The molecule has 0 spiro atoms. The van der Waals surface area contributed by atoms with E-state index in [0.29, 0.717) is 11.3 Å². The minimum Gasteiger partial charge on any atom is -0.379 e. The summed E-state index contributed by atoms with van der Waals surface area (Å²) in [6.07, 6.45) is 0. The predicted molar refractivity (Wildman–Crippen MR) is 61.0 cm³/mol. The van der Waals surface area contributed by atoms with Crippen molar-refractivity contribution >= 4 is 5.91 Å². The maximum Gasteiger partial charge on any atom is 0.283 e. The molecule has 3 heteroatoms. The predicted octanol–water partition coefficient (Wildman–Crippen LogP) is 2.41. The molecule has 1 N–H and O–H groups in total. The SMILES string of the molecule is O=C(NOc1ccccc1)c1ccccc1. The molecule has 0 aromatic heterocycles. The Hall–Kier alpha value is -2.29. The van der Waals surface area contributed by atoms with E-state index in [9.17, 15) is 4.79 Å². The average molecular weight is 213 g/mol. The molecule has 0 aliphatic carbocycles. The maximum absolute atomic E-state index is 11.6. The molecule has 0 unspecified atom stereocenters. The third-order valence-corrected chi connectivity index (χ3v) is 2.04. The molecular weight excluding hydrogens is 202 g/mol. The van der Waals surface area contributed by atoms with Gasteiger partial charge in [0.1, 0.15) is 0 Å². The Morgan fingerprint density at radius 2 is 1.44 bits per heavy atom. The van der Waals surface area contributed by atoms with E-state index in [1.165, 1.54) is 0 Å². The van der Waals surface area contributed by atoms with Crippen molar-refractivity contribution in [3.8, 4) is 5.75 Å². The zero-order chi connectivity index (χ0) is 11.2. The topological polar surface area (TPSA) is 38.3 Å². The van der Waals surface area contributed by atoms with E-state index < -0.39 is 0 Å². The second-order valence-corrected chi connectivity index (χ2v) is 3.21. The van der Waals surface area contributed by atoms with Gasteiger partial charge in [-0.2, -0.15) is 5.48 Å². The van der Waals surface area contributed by atoms with Gasteiger partial charge in [0.05, 0.1) is 0 Å². The van der Waals surface area contributed by atoms with Crippen molar-refractivity contribution in [2.24, 2.45) is 0 Å². The van der Waals surface area contributed by atoms with Crippen LogP contribution in [-0.4, -0.2) is 5.91 Å². The number of amides is 1. The van der Waals surface area contributed by atoms with Gasteiger partial charge in [0.25, 0.3) is 5.91 Å². The molecule has 0 aliphatic heterocycles. The van der Waals surface area contributed by atoms with Crippen LogP contribution in [0.1, 0.15) is 10.4 Å². The number of hydrogen-bond donors (Lipinski definition) is 1. The van der Waals surface area contributed by atoms with Gasteiger partial charge in [-0.25, -0.2) is 0 Å². The number of carbonyl (C=O) groups is 1. The number of hydrogen-bond acceptors (Lipinski definition) is 2. The molecule has 2 rings (SSSR count). The summed E-state index contributed by atoms with van der Waals surface area (Å²) >= 11 is 0. The van der Waals surface area contributed by atoms with Gasteiger partial charge in [-0.3, -0.25) is 4.79 Å². The highest BCUT2D eigenvalue weighted by atomic mass is 16.7. The Kier molecular flexibility index (Phi) is 3.18. The van der Waals surface area contributed by atoms with Crippen molar-refractivity contribution in [1.29, 1.82) is 0 Å². The second kappa shape index (κ2) is 4.98. The molecule has 16 heavy (non-hydrogen) atoms. The normalized spacial score (nSPS) is 9.50. The highest BCUT2D eigenvalue weighted by Gasteiger charge is 2.03.